The molecule has 4 rings (SSSR count). The van der Waals surface area contributed by atoms with E-state index in [4.69, 9.17) is 4.74 Å². The number of anilines is 1. The number of aromatic nitrogens is 3. The second kappa shape index (κ2) is 10.6. The molecule has 10 heteroatoms. The van der Waals surface area contributed by atoms with Gasteiger partial charge in [0.15, 0.2) is 11.6 Å². The summed E-state index contributed by atoms with van der Waals surface area (Å²) in [5.74, 6) is -2.53. The van der Waals surface area contributed by atoms with Gasteiger partial charge in [0.05, 0.1) is 30.3 Å². The summed E-state index contributed by atoms with van der Waals surface area (Å²) in [6.07, 6.45) is 6.45. The summed E-state index contributed by atoms with van der Waals surface area (Å²) < 4.78 is 33.2. The largest absolute Gasteiger partial charge is 0.465 e. The smallest absolute Gasteiger partial charge is 0.340 e. The van der Waals surface area contributed by atoms with Crippen LogP contribution in [0.5, 0.6) is 0 Å². The molecule has 178 valence electrons. The number of halogens is 2. The Kier molecular flexibility index (Phi) is 7.10. The Morgan fingerprint density at radius 2 is 1.77 bits per heavy atom. The number of hydrogen-bond acceptors (Lipinski definition) is 6. The number of carbonyl (C=O) groups excluding carboxylic acids is 2. The highest BCUT2D eigenvalue weighted by molar-refractivity contribution is 5.98. The van der Waals surface area contributed by atoms with Crippen molar-refractivity contribution in [1.29, 1.82) is 0 Å². The molecule has 0 saturated heterocycles. The van der Waals surface area contributed by atoms with Crippen LogP contribution in [0.4, 0.5) is 14.6 Å². The van der Waals surface area contributed by atoms with Crippen LogP contribution in [0.25, 0.3) is 5.69 Å². The van der Waals surface area contributed by atoms with Crippen molar-refractivity contribution in [3.63, 3.8) is 0 Å². The van der Waals surface area contributed by atoms with Gasteiger partial charge in [-0.25, -0.2) is 23.5 Å². The van der Waals surface area contributed by atoms with Gasteiger partial charge in [0, 0.05) is 31.7 Å². The number of methoxy groups -OCH3 is 1. The molecule has 0 radical (unpaired) electrons. The molecule has 2 N–H and O–H groups in total. The lowest BCUT2D eigenvalue weighted by molar-refractivity contribution is 0.0600. The van der Waals surface area contributed by atoms with E-state index in [-0.39, 0.29) is 18.7 Å². The maximum atomic E-state index is 13.4. The van der Waals surface area contributed by atoms with E-state index in [0.717, 1.165) is 17.7 Å². The van der Waals surface area contributed by atoms with Gasteiger partial charge in [-0.2, -0.15) is 0 Å². The Hall–Kier alpha value is -4.60. The van der Waals surface area contributed by atoms with Crippen LogP contribution in [-0.4, -0.2) is 33.5 Å². The molecule has 4 aromatic rings. The second-order valence-electron chi connectivity index (χ2n) is 7.50. The Morgan fingerprint density at radius 3 is 2.51 bits per heavy atom. The molecule has 0 aliphatic rings. The second-order valence-corrected chi connectivity index (χ2v) is 7.50. The lowest BCUT2D eigenvalue weighted by atomic mass is 10.1. The number of rotatable bonds is 8. The van der Waals surface area contributed by atoms with Crippen LogP contribution in [0.15, 0.2) is 73.4 Å². The molecular weight excluding hydrogens is 456 g/mol. The standard InChI is InChI=1S/C25H21F2N5O3/c1-35-25(34)19-11-16(5-7-22(19)32-10-9-28-15-32)13-30-23-18(3-2-8-29-23)24(33)31-14-17-4-6-20(26)21(27)12-17/h2-12,15H,13-14H2,1H3,(H,29,30)(H,31,33). The zero-order chi connectivity index (χ0) is 24.8. The maximum absolute atomic E-state index is 13.4. The minimum Gasteiger partial charge on any atom is -0.465 e. The van der Waals surface area contributed by atoms with Crippen molar-refractivity contribution in [2.75, 3.05) is 12.4 Å². The highest BCUT2D eigenvalue weighted by Gasteiger charge is 2.16. The predicted molar refractivity (Wildman–Crippen MR) is 124 cm³/mol. The fraction of sp³-hybridized carbons (Fsp3) is 0.120. The first-order valence-corrected chi connectivity index (χ1v) is 10.6. The number of amides is 1. The Labute approximate surface area is 199 Å². The van der Waals surface area contributed by atoms with Crippen LogP contribution in [0, 0.1) is 11.6 Å². The Morgan fingerprint density at radius 1 is 0.971 bits per heavy atom. The van der Waals surface area contributed by atoms with E-state index < -0.39 is 23.5 Å². The number of carbonyl (C=O) groups is 2. The summed E-state index contributed by atoms with van der Waals surface area (Å²) in [6.45, 7) is 0.289. The maximum Gasteiger partial charge on any atom is 0.340 e. The Bertz CT molecular complexity index is 1360. The topological polar surface area (TPSA) is 98.1 Å². The molecule has 0 aliphatic heterocycles. The molecule has 0 atom stereocenters. The fourth-order valence-corrected chi connectivity index (χ4v) is 3.44. The molecule has 0 unspecified atom stereocenters. The van der Waals surface area contributed by atoms with E-state index >= 15 is 0 Å². The summed E-state index contributed by atoms with van der Waals surface area (Å²) in [6, 6.07) is 12.0. The minimum absolute atomic E-state index is 0.0164. The highest BCUT2D eigenvalue weighted by atomic mass is 19.2. The van der Waals surface area contributed by atoms with Gasteiger partial charge < -0.3 is 19.9 Å². The predicted octanol–water partition coefficient (Wildman–Crippen LogP) is 3.87. The molecule has 2 aromatic heterocycles. The lowest BCUT2D eigenvalue weighted by Crippen LogP contribution is -2.24. The monoisotopic (exact) mass is 477 g/mol. The molecule has 0 aliphatic carbocycles. The zero-order valence-corrected chi connectivity index (χ0v) is 18.7. The normalized spacial score (nSPS) is 10.6. The molecule has 0 bridgehead atoms. The van der Waals surface area contributed by atoms with E-state index in [9.17, 15) is 18.4 Å². The average Bonchev–Trinajstić information content (AvgIpc) is 3.42. The summed E-state index contributed by atoms with van der Waals surface area (Å²) in [4.78, 5) is 33.3. The summed E-state index contributed by atoms with van der Waals surface area (Å²) in [5, 5.41) is 5.79. The van der Waals surface area contributed by atoms with Crippen LogP contribution in [0.1, 0.15) is 31.8 Å². The molecule has 2 aromatic carbocycles. The molecular formula is C25H21F2N5O3. The summed E-state index contributed by atoms with van der Waals surface area (Å²) in [7, 11) is 1.31. The van der Waals surface area contributed by atoms with Gasteiger partial charge in [0.1, 0.15) is 5.82 Å². The Balaban J connectivity index is 1.48. The number of pyridine rings is 1. The first kappa shape index (κ1) is 23.6. The van der Waals surface area contributed by atoms with Gasteiger partial charge >= 0.3 is 5.97 Å². The van der Waals surface area contributed by atoms with Crippen molar-refractivity contribution in [3.8, 4) is 5.69 Å². The SMILES string of the molecule is COC(=O)c1cc(CNc2ncccc2C(=O)NCc2ccc(F)c(F)c2)ccc1-n1ccnc1. The van der Waals surface area contributed by atoms with E-state index in [0.29, 0.717) is 22.6 Å². The van der Waals surface area contributed by atoms with Crippen molar-refractivity contribution < 1.29 is 23.1 Å². The van der Waals surface area contributed by atoms with Gasteiger partial charge in [0.2, 0.25) is 0 Å². The molecule has 8 nitrogen and oxygen atoms in total. The third kappa shape index (κ3) is 5.49. The number of ether oxygens (including phenoxy) is 1. The van der Waals surface area contributed by atoms with Gasteiger partial charge in [-0.15, -0.1) is 0 Å². The lowest BCUT2D eigenvalue weighted by Gasteiger charge is -2.14. The highest BCUT2D eigenvalue weighted by Crippen LogP contribution is 2.20. The number of nitrogens with one attached hydrogen (secondary N) is 2. The molecule has 0 fully saturated rings. The fourth-order valence-electron chi connectivity index (χ4n) is 3.44. The quantitative estimate of drug-likeness (QED) is 0.374. The van der Waals surface area contributed by atoms with E-state index in [1.807, 2.05) is 6.07 Å². The third-order valence-electron chi connectivity index (χ3n) is 5.20. The average molecular weight is 477 g/mol. The van der Waals surface area contributed by atoms with E-state index in [1.54, 1.807) is 47.6 Å². The molecule has 0 spiro atoms. The van der Waals surface area contributed by atoms with Crippen LogP contribution in [0.2, 0.25) is 0 Å². The van der Waals surface area contributed by atoms with Gasteiger partial charge in [0.25, 0.3) is 5.91 Å². The van der Waals surface area contributed by atoms with Gasteiger partial charge in [-0.05, 0) is 47.5 Å². The zero-order valence-electron chi connectivity index (χ0n) is 18.7. The van der Waals surface area contributed by atoms with Crippen LogP contribution in [0.3, 0.4) is 0 Å². The number of benzene rings is 2. The van der Waals surface area contributed by atoms with Crippen molar-refractivity contribution in [2.24, 2.45) is 0 Å². The molecule has 1 amide bonds. The minimum atomic E-state index is -0.981. The molecule has 35 heavy (non-hydrogen) atoms. The number of nitrogens with zero attached hydrogens (tertiary/aromatic N) is 3. The number of hydrogen-bond donors (Lipinski definition) is 2. The van der Waals surface area contributed by atoms with Crippen molar-refractivity contribution in [2.45, 2.75) is 13.1 Å². The van der Waals surface area contributed by atoms with E-state index in [2.05, 4.69) is 20.6 Å². The van der Waals surface area contributed by atoms with Crippen LogP contribution < -0.4 is 10.6 Å². The van der Waals surface area contributed by atoms with Crippen molar-refractivity contribution in [3.05, 3.63) is 107 Å². The van der Waals surface area contributed by atoms with Crippen molar-refractivity contribution in [1.82, 2.24) is 19.9 Å². The molecule has 0 saturated carbocycles. The van der Waals surface area contributed by atoms with Gasteiger partial charge in [-0.3, -0.25) is 4.79 Å². The van der Waals surface area contributed by atoms with Crippen LogP contribution >= 0.6 is 0 Å². The first-order chi connectivity index (χ1) is 17.0. The van der Waals surface area contributed by atoms with Crippen molar-refractivity contribution >= 4 is 17.7 Å². The first-order valence-electron chi connectivity index (χ1n) is 10.6. The third-order valence-corrected chi connectivity index (χ3v) is 5.20. The van der Waals surface area contributed by atoms with E-state index in [1.165, 1.54) is 19.4 Å². The summed E-state index contributed by atoms with van der Waals surface area (Å²) in [5.41, 5.74) is 2.43. The molecule has 2 heterocycles. The van der Waals surface area contributed by atoms with Gasteiger partial charge in [-0.1, -0.05) is 12.1 Å². The number of esters is 1. The number of imidazole rings is 1. The van der Waals surface area contributed by atoms with Crippen LogP contribution in [-0.2, 0) is 17.8 Å². The summed E-state index contributed by atoms with van der Waals surface area (Å²) >= 11 is 0.